The number of fused-ring (bicyclic) bond motifs is 1. The molecule has 1 atom stereocenters. The van der Waals surface area contributed by atoms with Crippen LogP contribution in [-0.2, 0) is 13.2 Å². The lowest BCUT2D eigenvalue weighted by Crippen LogP contribution is -2.03. The third-order valence-corrected chi connectivity index (χ3v) is 5.96. The lowest BCUT2D eigenvalue weighted by atomic mass is 9.97. The molecule has 3 heteroatoms. The van der Waals surface area contributed by atoms with Gasteiger partial charge in [0.1, 0.15) is 18.2 Å². The fourth-order valence-corrected chi connectivity index (χ4v) is 4.19. The predicted molar refractivity (Wildman–Crippen MR) is 129 cm³/mol. The summed E-state index contributed by atoms with van der Waals surface area (Å²) in [5.41, 5.74) is 5.37. The van der Waals surface area contributed by atoms with E-state index in [0.29, 0.717) is 18.5 Å². The van der Waals surface area contributed by atoms with Crippen LogP contribution in [0.25, 0.3) is 10.9 Å². The summed E-state index contributed by atoms with van der Waals surface area (Å²) in [5.74, 6) is 7.14. The SMILES string of the molecule is CC#C[C@@H](CC)c1ccc(OCc2ccc3c(F)cn(Cc4ccccc4)c3c2C)cc1. The molecule has 3 aromatic carbocycles. The summed E-state index contributed by atoms with van der Waals surface area (Å²) in [6.07, 6.45) is 2.58. The molecule has 0 spiro atoms. The van der Waals surface area contributed by atoms with Crippen LogP contribution in [0, 0.1) is 24.6 Å². The van der Waals surface area contributed by atoms with Crippen molar-refractivity contribution in [3.05, 3.63) is 101 Å². The molecule has 1 aromatic heterocycles. The minimum atomic E-state index is -0.192. The molecular weight excluding hydrogens is 397 g/mol. The first-order valence-electron chi connectivity index (χ1n) is 11.1. The van der Waals surface area contributed by atoms with Gasteiger partial charge in [-0.15, -0.1) is 5.92 Å². The highest BCUT2D eigenvalue weighted by Crippen LogP contribution is 2.28. The summed E-state index contributed by atoms with van der Waals surface area (Å²) < 4.78 is 22.7. The number of halogens is 1. The van der Waals surface area contributed by atoms with Gasteiger partial charge < -0.3 is 9.30 Å². The lowest BCUT2D eigenvalue weighted by molar-refractivity contribution is 0.305. The molecule has 0 radical (unpaired) electrons. The van der Waals surface area contributed by atoms with Crippen LogP contribution in [0.1, 0.15) is 48.4 Å². The summed E-state index contributed by atoms with van der Waals surface area (Å²) in [6, 6.07) is 22.1. The molecule has 162 valence electrons. The van der Waals surface area contributed by atoms with Crippen molar-refractivity contribution in [3.8, 4) is 17.6 Å². The third kappa shape index (κ3) is 4.55. The smallest absolute Gasteiger partial charge is 0.148 e. The fourth-order valence-electron chi connectivity index (χ4n) is 4.19. The van der Waals surface area contributed by atoms with Gasteiger partial charge in [0.25, 0.3) is 0 Å². The average Bonchev–Trinajstić information content (AvgIpc) is 3.13. The van der Waals surface area contributed by atoms with E-state index in [2.05, 4.69) is 43.0 Å². The van der Waals surface area contributed by atoms with E-state index >= 15 is 0 Å². The molecule has 2 nitrogen and oxygen atoms in total. The van der Waals surface area contributed by atoms with Gasteiger partial charge in [-0.25, -0.2) is 4.39 Å². The Bertz CT molecular complexity index is 1260. The number of rotatable bonds is 7. The molecular formula is C29H28FNO. The van der Waals surface area contributed by atoms with Crippen molar-refractivity contribution in [2.75, 3.05) is 0 Å². The number of nitrogens with zero attached hydrogens (tertiary/aromatic N) is 1. The van der Waals surface area contributed by atoms with E-state index in [1.54, 1.807) is 6.20 Å². The minimum Gasteiger partial charge on any atom is -0.489 e. The molecule has 0 aliphatic heterocycles. The highest BCUT2D eigenvalue weighted by molar-refractivity contribution is 5.85. The molecule has 0 bridgehead atoms. The zero-order valence-electron chi connectivity index (χ0n) is 18.9. The molecule has 0 aliphatic carbocycles. The van der Waals surface area contributed by atoms with E-state index in [9.17, 15) is 4.39 Å². The van der Waals surface area contributed by atoms with E-state index in [-0.39, 0.29) is 11.7 Å². The first-order valence-corrected chi connectivity index (χ1v) is 11.1. The Morgan fingerprint density at radius 1 is 1.00 bits per heavy atom. The summed E-state index contributed by atoms with van der Waals surface area (Å²) in [4.78, 5) is 0. The first kappa shape index (κ1) is 21.7. The van der Waals surface area contributed by atoms with E-state index in [4.69, 9.17) is 4.74 Å². The maximum absolute atomic E-state index is 14.6. The fraction of sp³-hybridized carbons (Fsp3) is 0.241. The second-order valence-corrected chi connectivity index (χ2v) is 8.05. The average molecular weight is 426 g/mol. The number of aromatic nitrogens is 1. The summed E-state index contributed by atoms with van der Waals surface area (Å²) >= 11 is 0. The van der Waals surface area contributed by atoms with Gasteiger partial charge in [-0.05, 0) is 60.7 Å². The lowest BCUT2D eigenvalue weighted by Gasteiger charge is -2.13. The highest BCUT2D eigenvalue weighted by Gasteiger charge is 2.14. The Balaban J connectivity index is 1.55. The van der Waals surface area contributed by atoms with Gasteiger partial charge in [-0.1, -0.05) is 61.4 Å². The quantitative estimate of drug-likeness (QED) is 0.285. The largest absolute Gasteiger partial charge is 0.489 e. The van der Waals surface area contributed by atoms with E-state index in [1.807, 2.05) is 60.9 Å². The second-order valence-electron chi connectivity index (χ2n) is 8.05. The highest BCUT2D eigenvalue weighted by atomic mass is 19.1. The van der Waals surface area contributed by atoms with Crippen LogP contribution in [0.4, 0.5) is 4.39 Å². The zero-order valence-corrected chi connectivity index (χ0v) is 18.9. The summed E-state index contributed by atoms with van der Waals surface area (Å²) in [5, 5.41) is 0.647. The maximum atomic E-state index is 14.6. The van der Waals surface area contributed by atoms with Gasteiger partial charge in [-0.3, -0.25) is 0 Å². The van der Waals surface area contributed by atoms with Crippen molar-refractivity contribution in [1.82, 2.24) is 4.57 Å². The van der Waals surface area contributed by atoms with Gasteiger partial charge in [0.05, 0.1) is 5.52 Å². The molecule has 0 fully saturated rings. The van der Waals surface area contributed by atoms with Crippen molar-refractivity contribution < 1.29 is 9.13 Å². The third-order valence-electron chi connectivity index (χ3n) is 5.96. The van der Waals surface area contributed by atoms with Crippen LogP contribution in [0.2, 0.25) is 0 Å². The molecule has 1 heterocycles. The second kappa shape index (κ2) is 9.75. The summed E-state index contributed by atoms with van der Waals surface area (Å²) in [7, 11) is 0. The molecule has 0 unspecified atom stereocenters. The van der Waals surface area contributed by atoms with Crippen LogP contribution in [0.15, 0.2) is 72.9 Å². The molecule has 0 saturated carbocycles. The molecule has 0 amide bonds. The number of ether oxygens (including phenoxy) is 1. The molecule has 0 saturated heterocycles. The van der Waals surface area contributed by atoms with Crippen molar-refractivity contribution in [2.24, 2.45) is 0 Å². The number of hydrogen-bond acceptors (Lipinski definition) is 1. The van der Waals surface area contributed by atoms with Gasteiger partial charge in [0, 0.05) is 24.0 Å². The van der Waals surface area contributed by atoms with Gasteiger partial charge in [-0.2, -0.15) is 0 Å². The van der Waals surface area contributed by atoms with Crippen molar-refractivity contribution in [2.45, 2.75) is 46.3 Å². The van der Waals surface area contributed by atoms with Crippen LogP contribution in [0.3, 0.4) is 0 Å². The molecule has 4 aromatic rings. The predicted octanol–water partition coefficient (Wildman–Crippen LogP) is 7.23. The van der Waals surface area contributed by atoms with E-state index in [0.717, 1.165) is 34.4 Å². The van der Waals surface area contributed by atoms with Crippen LogP contribution in [0.5, 0.6) is 5.75 Å². The van der Waals surface area contributed by atoms with Gasteiger partial charge >= 0.3 is 0 Å². The first-order chi connectivity index (χ1) is 15.6. The van der Waals surface area contributed by atoms with Crippen LogP contribution in [-0.4, -0.2) is 4.57 Å². The molecule has 0 N–H and O–H groups in total. The van der Waals surface area contributed by atoms with E-state index in [1.165, 1.54) is 5.56 Å². The molecule has 32 heavy (non-hydrogen) atoms. The van der Waals surface area contributed by atoms with Gasteiger partial charge in [0.15, 0.2) is 0 Å². The van der Waals surface area contributed by atoms with Crippen molar-refractivity contribution >= 4 is 10.9 Å². The van der Waals surface area contributed by atoms with Gasteiger partial charge in [0.2, 0.25) is 0 Å². The van der Waals surface area contributed by atoms with Crippen LogP contribution >= 0.6 is 0 Å². The maximum Gasteiger partial charge on any atom is 0.148 e. The Morgan fingerprint density at radius 2 is 1.75 bits per heavy atom. The normalized spacial score (nSPS) is 11.8. The zero-order chi connectivity index (χ0) is 22.5. The Kier molecular flexibility index (Phi) is 6.61. The number of hydrogen-bond donors (Lipinski definition) is 0. The standard InChI is InChI=1S/C29H28FNO/c1-4-9-23(5-2)24-12-15-26(16-13-24)32-20-25-14-17-27-28(30)19-31(29(27)21(25)3)18-22-10-7-6-8-11-22/h6-8,10-17,19,23H,5,18,20H2,1-3H3/t23-/m1/s1. The number of aryl methyl sites for hydroxylation is 1. The monoisotopic (exact) mass is 425 g/mol. The Labute approximate surface area is 189 Å². The molecule has 0 aliphatic rings. The topological polar surface area (TPSA) is 14.2 Å². The Morgan fingerprint density at radius 3 is 2.44 bits per heavy atom. The van der Waals surface area contributed by atoms with E-state index < -0.39 is 0 Å². The minimum absolute atomic E-state index is 0.192. The van der Waals surface area contributed by atoms with Crippen molar-refractivity contribution in [3.63, 3.8) is 0 Å². The summed E-state index contributed by atoms with van der Waals surface area (Å²) in [6.45, 7) is 7.13. The molecule has 4 rings (SSSR count). The number of benzene rings is 3. The Hall–Kier alpha value is -3.51. The van der Waals surface area contributed by atoms with Crippen LogP contribution < -0.4 is 4.74 Å². The van der Waals surface area contributed by atoms with Crippen molar-refractivity contribution in [1.29, 1.82) is 0 Å².